The number of hydrogen-bond donors (Lipinski definition) is 1. The minimum Gasteiger partial charge on any atom is -0.494 e. The maximum absolute atomic E-state index is 14.6. The van der Waals surface area contributed by atoms with Crippen molar-refractivity contribution < 1.29 is 29.0 Å². The van der Waals surface area contributed by atoms with Gasteiger partial charge in [-0.2, -0.15) is 0 Å². The lowest BCUT2D eigenvalue weighted by Crippen LogP contribution is -2.57. The topological polar surface area (TPSA) is 99.6 Å². The van der Waals surface area contributed by atoms with Gasteiger partial charge in [-0.05, 0) is 50.6 Å². The molecular formula is C33H37N3O6. The average molecular weight is 572 g/mol. The van der Waals surface area contributed by atoms with E-state index in [1.54, 1.807) is 9.80 Å². The van der Waals surface area contributed by atoms with Crippen LogP contribution in [0.25, 0.3) is 0 Å². The quantitative estimate of drug-likeness (QED) is 0.513. The lowest BCUT2D eigenvalue weighted by Gasteiger charge is -2.39. The molecule has 6 atom stereocenters. The number of hydrogen-bond acceptors (Lipinski definition) is 6. The number of fused-ring (bicyclic) bond motifs is 2. The molecule has 2 fully saturated rings. The molecule has 1 spiro atoms. The molecule has 4 heterocycles. The SMILES string of the molecule is CCOc1ccc(N2CC=C[C@H]3O[C@]45C=CCN(C(C)C)C(=O)C4N([C@H](CO)c4ccccc4)C(=O)[C@@H]5[C@H]3C2=O)cc1. The van der Waals surface area contributed by atoms with E-state index in [0.717, 1.165) is 0 Å². The van der Waals surface area contributed by atoms with Gasteiger partial charge in [-0.15, -0.1) is 0 Å². The number of anilines is 1. The third-order valence-corrected chi connectivity index (χ3v) is 8.90. The number of benzene rings is 2. The molecule has 2 saturated heterocycles. The Hall–Kier alpha value is -3.95. The lowest BCUT2D eigenvalue weighted by molar-refractivity contribution is -0.151. The van der Waals surface area contributed by atoms with Crippen LogP contribution >= 0.6 is 0 Å². The highest BCUT2D eigenvalue weighted by molar-refractivity contribution is 6.04. The highest BCUT2D eigenvalue weighted by atomic mass is 16.5. The minimum absolute atomic E-state index is 0.124. The van der Waals surface area contributed by atoms with Gasteiger partial charge in [-0.1, -0.05) is 54.6 Å². The van der Waals surface area contributed by atoms with Gasteiger partial charge in [0.25, 0.3) is 0 Å². The number of rotatable bonds is 7. The fourth-order valence-corrected chi connectivity index (χ4v) is 7.04. The molecule has 9 heteroatoms. The molecule has 6 rings (SSSR count). The number of amides is 3. The van der Waals surface area contributed by atoms with Crippen LogP contribution in [0.4, 0.5) is 5.69 Å². The van der Waals surface area contributed by atoms with Crippen molar-refractivity contribution >= 4 is 23.4 Å². The van der Waals surface area contributed by atoms with Gasteiger partial charge in [0.2, 0.25) is 17.7 Å². The Morgan fingerprint density at radius 2 is 1.71 bits per heavy atom. The summed E-state index contributed by atoms with van der Waals surface area (Å²) >= 11 is 0. The molecule has 9 nitrogen and oxygen atoms in total. The lowest BCUT2D eigenvalue weighted by atomic mass is 9.77. The summed E-state index contributed by atoms with van der Waals surface area (Å²) in [5.74, 6) is -1.95. The highest BCUT2D eigenvalue weighted by Gasteiger charge is 2.72. The van der Waals surface area contributed by atoms with Gasteiger partial charge < -0.3 is 29.3 Å². The van der Waals surface area contributed by atoms with Gasteiger partial charge in [0.15, 0.2) is 0 Å². The third-order valence-electron chi connectivity index (χ3n) is 8.90. The van der Waals surface area contributed by atoms with Gasteiger partial charge in [0, 0.05) is 24.8 Å². The fourth-order valence-electron chi connectivity index (χ4n) is 7.04. The summed E-state index contributed by atoms with van der Waals surface area (Å²) in [5, 5.41) is 10.6. The molecule has 1 N–H and O–H groups in total. The van der Waals surface area contributed by atoms with Crippen LogP contribution in [0.2, 0.25) is 0 Å². The molecule has 2 aromatic rings. The Labute approximate surface area is 246 Å². The van der Waals surface area contributed by atoms with Crippen molar-refractivity contribution in [2.45, 2.75) is 50.6 Å². The zero-order valence-electron chi connectivity index (χ0n) is 24.1. The highest BCUT2D eigenvalue weighted by Crippen LogP contribution is 2.55. The number of likely N-dealkylation sites (tertiary alicyclic amines) is 1. The monoisotopic (exact) mass is 571 g/mol. The van der Waals surface area contributed by atoms with E-state index in [2.05, 4.69) is 0 Å². The van der Waals surface area contributed by atoms with Crippen LogP contribution in [0.3, 0.4) is 0 Å². The minimum atomic E-state index is -1.36. The molecule has 1 unspecified atom stereocenters. The van der Waals surface area contributed by atoms with E-state index in [4.69, 9.17) is 9.47 Å². The summed E-state index contributed by atoms with van der Waals surface area (Å²) in [6.07, 6.45) is 6.76. The second-order valence-electron chi connectivity index (χ2n) is 11.5. The summed E-state index contributed by atoms with van der Waals surface area (Å²) in [6.45, 7) is 6.62. The number of carbonyl (C=O) groups excluding carboxylic acids is 3. The predicted molar refractivity (Wildman–Crippen MR) is 157 cm³/mol. The first-order chi connectivity index (χ1) is 20.3. The van der Waals surface area contributed by atoms with E-state index in [1.807, 2.05) is 99.7 Å². The Morgan fingerprint density at radius 1 is 0.976 bits per heavy atom. The molecule has 4 aliphatic heterocycles. The van der Waals surface area contributed by atoms with Crippen LogP contribution in [-0.2, 0) is 19.1 Å². The summed E-state index contributed by atoms with van der Waals surface area (Å²) in [4.78, 5) is 48.3. The number of aliphatic hydroxyl groups is 1. The zero-order chi connectivity index (χ0) is 29.6. The van der Waals surface area contributed by atoms with Crippen LogP contribution in [-0.4, -0.2) is 82.7 Å². The molecule has 0 saturated carbocycles. The maximum atomic E-state index is 14.6. The van der Waals surface area contributed by atoms with Crippen molar-refractivity contribution in [3.63, 3.8) is 0 Å². The molecule has 0 radical (unpaired) electrons. The van der Waals surface area contributed by atoms with Gasteiger partial charge in [-0.25, -0.2) is 0 Å². The molecule has 42 heavy (non-hydrogen) atoms. The summed E-state index contributed by atoms with van der Waals surface area (Å²) in [7, 11) is 0. The molecule has 0 aromatic heterocycles. The first-order valence-corrected chi connectivity index (χ1v) is 14.7. The van der Waals surface area contributed by atoms with Crippen LogP contribution in [0.15, 0.2) is 78.9 Å². The fraction of sp³-hybridized carbons (Fsp3) is 0.424. The molecule has 3 amide bonds. The van der Waals surface area contributed by atoms with E-state index in [1.165, 1.54) is 4.90 Å². The van der Waals surface area contributed by atoms with Crippen LogP contribution in [0.5, 0.6) is 5.75 Å². The second-order valence-corrected chi connectivity index (χ2v) is 11.5. The molecule has 220 valence electrons. The van der Waals surface area contributed by atoms with Gasteiger partial charge in [0.1, 0.15) is 17.4 Å². The number of carbonyl (C=O) groups is 3. The van der Waals surface area contributed by atoms with E-state index in [0.29, 0.717) is 36.7 Å². The largest absolute Gasteiger partial charge is 0.494 e. The summed E-state index contributed by atoms with van der Waals surface area (Å²) in [5.41, 5.74) is 0.0294. The van der Waals surface area contributed by atoms with Gasteiger partial charge >= 0.3 is 0 Å². The Morgan fingerprint density at radius 3 is 2.38 bits per heavy atom. The van der Waals surface area contributed by atoms with Crippen molar-refractivity contribution in [1.29, 1.82) is 0 Å². The van der Waals surface area contributed by atoms with Crippen LogP contribution in [0, 0.1) is 11.8 Å². The molecule has 0 aliphatic carbocycles. The third kappa shape index (κ3) is 4.34. The molecular weight excluding hydrogens is 534 g/mol. The maximum Gasteiger partial charge on any atom is 0.249 e. The van der Waals surface area contributed by atoms with E-state index < -0.39 is 35.6 Å². The van der Waals surface area contributed by atoms with Crippen molar-refractivity contribution in [3.05, 3.63) is 84.5 Å². The predicted octanol–water partition coefficient (Wildman–Crippen LogP) is 3.11. The van der Waals surface area contributed by atoms with Crippen LogP contribution < -0.4 is 9.64 Å². The van der Waals surface area contributed by atoms with Crippen LogP contribution in [0.1, 0.15) is 32.4 Å². The molecule has 0 bridgehead atoms. The smallest absolute Gasteiger partial charge is 0.249 e. The first kappa shape index (κ1) is 28.2. The standard InChI is InChI=1S/C33H37N3O6/c1-4-41-24-15-13-23(14-16-24)35-18-8-12-26-27(30(35)38)28-31(39)36(25(20-37)22-10-6-5-7-11-22)29-32(40)34(21(2)3)19-9-17-33(28,29)42-26/h5-17,21,25-29,37H,4,18-20H2,1-3H3/t25-,26-,27+,28+,29?,33+/m1/s1. The number of ether oxygens (including phenoxy) is 2. The molecule has 4 aliphatic rings. The number of nitrogens with zero attached hydrogens (tertiary/aromatic N) is 3. The summed E-state index contributed by atoms with van der Waals surface area (Å²) in [6, 6.07) is 14.6. The Balaban J connectivity index is 1.45. The van der Waals surface area contributed by atoms with Gasteiger partial charge in [-0.3, -0.25) is 14.4 Å². The van der Waals surface area contributed by atoms with Crippen molar-refractivity contribution in [1.82, 2.24) is 9.80 Å². The Kier molecular flexibility index (Phi) is 7.41. The number of aliphatic hydroxyl groups excluding tert-OH is 1. The van der Waals surface area contributed by atoms with Gasteiger partial charge in [0.05, 0.1) is 37.2 Å². The first-order valence-electron chi connectivity index (χ1n) is 14.7. The normalized spacial score (nSPS) is 29.4. The zero-order valence-corrected chi connectivity index (χ0v) is 24.1. The molecule has 2 aromatic carbocycles. The van der Waals surface area contributed by atoms with E-state index in [-0.39, 0.29) is 30.4 Å². The van der Waals surface area contributed by atoms with Crippen molar-refractivity contribution in [3.8, 4) is 5.75 Å². The second kappa shape index (κ2) is 11.0. The van der Waals surface area contributed by atoms with Crippen molar-refractivity contribution in [2.24, 2.45) is 11.8 Å². The Bertz CT molecular complexity index is 1410. The average Bonchev–Trinajstić information content (AvgIpc) is 3.30. The van der Waals surface area contributed by atoms with Crippen molar-refractivity contribution in [2.75, 3.05) is 31.2 Å². The summed E-state index contributed by atoms with van der Waals surface area (Å²) < 4.78 is 12.3. The van der Waals surface area contributed by atoms with E-state index >= 15 is 0 Å². The van der Waals surface area contributed by atoms with E-state index in [9.17, 15) is 19.5 Å².